The van der Waals surface area contributed by atoms with E-state index in [-0.39, 0.29) is 22.6 Å². The number of benzene rings is 1. The van der Waals surface area contributed by atoms with Crippen molar-refractivity contribution in [3.63, 3.8) is 0 Å². The summed E-state index contributed by atoms with van der Waals surface area (Å²) in [6.07, 6.45) is 2.02. The molecule has 1 saturated heterocycles. The smallest absolute Gasteiger partial charge is 0.141 e. The zero-order valence-electron chi connectivity index (χ0n) is 10.1. The predicted molar refractivity (Wildman–Crippen MR) is 71.3 cm³/mol. The lowest BCUT2D eigenvalue weighted by molar-refractivity contribution is 0.196. The highest BCUT2D eigenvalue weighted by atomic mass is 35.5. The maximum absolute atomic E-state index is 13.1. The summed E-state index contributed by atoms with van der Waals surface area (Å²) in [6, 6.07) is 4.80. The van der Waals surface area contributed by atoms with Crippen molar-refractivity contribution in [2.75, 3.05) is 13.1 Å². The number of halogens is 2. The van der Waals surface area contributed by atoms with Gasteiger partial charge in [-0.1, -0.05) is 17.7 Å². The first-order valence-corrected chi connectivity index (χ1v) is 6.44. The number of nitrogens with one attached hydrogen (secondary N) is 1. The standard InChI is InChI=1S/C13H17ClFN3/c14-11-6-9(3-4-12(11)15)7-18-5-1-2-10(8-18)13(16)17/h3-4,6,10H,1-2,5,7-8H2,(H3,16,17). The molecule has 0 aliphatic carbocycles. The van der Waals surface area contributed by atoms with Crippen molar-refractivity contribution in [2.45, 2.75) is 19.4 Å². The van der Waals surface area contributed by atoms with Crippen LogP contribution < -0.4 is 5.73 Å². The van der Waals surface area contributed by atoms with Crippen molar-refractivity contribution < 1.29 is 4.39 Å². The SMILES string of the molecule is N=C(N)C1CCCN(Cc2ccc(F)c(Cl)c2)C1. The van der Waals surface area contributed by atoms with E-state index in [1.165, 1.54) is 6.07 Å². The summed E-state index contributed by atoms with van der Waals surface area (Å²) in [5.74, 6) is 0.0205. The van der Waals surface area contributed by atoms with Crippen LogP contribution in [0.2, 0.25) is 5.02 Å². The van der Waals surface area contributed by atoms with Gasteiger partial charge in [0.15, 0.2) is 0 Å². The van der Waals surface area contributed by atoms with E-state index in [2.05, 4.69) is 4.90 Å². The number of nitrogens with zero attached hydrogens (tertiary/aromatic N) is 1. The molecule has 5 heteroatoms. The molecular formula is C13H17ClFN3. The van der Waals surface area contributed by atoms with Crippen LogP contribution in [0.4, 0.5) is 4.39 Å². The minimum Gasteiger partial charge on any atom is -0.387 e. The van der Waals surface area contributed by atoms with Crippen molar-refractivity contribution in [3.05, 3.63) is 34.6 Å². The first-order valence-electron chi connectivity index (χ1n) is 6.06. The molecule has 1 aromatic rings. The van der Waals surface area contributed by atoms with Crippen LogP contribution in [0.5, 0.6) is 0 Å². The Labute approximate surface area is 111 Å². The molecule has 1 aliphatic rings. The highest BCUT2D eigenvalue weighted by Crippen LogP contribution is 2.21. The fraction of sp³-hybridized carbons (Fsp3) is 0.462. The summed E-state index contributed by atoms with van der Waals surface area (Å²) >= 11 is 5.76. The molecule has 1 aliphatic heterocycles. The predicted octanol–water partition coefficient (Wildman–Crippen LogP) is 2.63. The molecule has 3 nitrogen and oxygen atoms in total. The van der Waals surface area contributed by atoms with Crippen LogP contribution in [0.25, 0.3) is 0 Å². The molecule has 98 valence electrons. The number of amidine groups is 1. The zero-order chi connectivity index (χ0) is 13.1. The number of hydrogen-bond acceptors (Lipinski definition) is 2. The quantitative estimate of drug-likeness (QED) is 0.655. The second-order valence-electron chi connectivity index (χ2n) is 4.78. The van der Waals surface area contributed by atoms with Crippen LogP contribution in [0, 0.1) is 17.1 Å². The van der Waals surface area contributed by atoms with E-state index in [0.29, 0.717) is 0 Å². The van der Waals surface area contributed by atoms with Crippen LogP contribution in [-0.2, 0) is 6.54 Å². The second kappa shape index (κ2) is 5.67. The Balaban J connectivity index is 2.00. The topological polar surface area (TPSA) is 53.1 Å². The van der Waals surface area contributed by atoms with Gasteiger partial charge in [-0.05, 0) is 37.1 Å². The lowest BCUT2D eigenvalue weighted by atomic mass is 9.96. The average Bonchev–Trinajstić information content (AvgIpc) is 2.34. The molecule has 3 N–H and O–H groups in total. The Morgan fingerprint density at radius 3 is 3.00 bits per heavy atom. The largest absolute Gasteiger partial charge is 0.387 e. The van der Waals surface area contributed by atoms with Gasteiger partial charge in [0.1, 0.15) is 5.82 Å². The van der Waals surface area contributed by atoms with Crippen LogP contribution >= 0.6 is 11.6 Å². The number of hydrogen-bond donors (Lipinski definition) is 2. The molecule has 0 amide bonds. The van der Waals surface area contributed by atoms with Crippen LogP contribution in [0.1, 0.15) is 18.4 Å². The first-order chi connectivity index (χ1) is 8.56. The third-order valence-corrected chi connectivity index (χ3v) is 3.63. The summed E-state index contributed by atoms with van der Waals surface area (Å²) in [4.78, 5) is 2.24. The third kappa shape index (κ3) is 3.21. The number of nitrogens with two attached hydrogens (primary N) is 1. The average molecular weight is 270 g/mol. The monoisotopic (exact) mass is 269 g/mol. The maximum atomic E-state index is 13.1. The highest BCUT2D eigenvalue weighted by molar-refractivity contribution is 6.30. The second-order valence-corrected chi connectivity index (χ2v) is 5.19. The minimum atomic E-state index is -0.388. The summed E-state index contributed by atoms with van der Waals surface area (Å²) in [5, 5.41) is 7.66. The van der Waals surface area contributed by atoms with Gasteiger partial charge in [-0.15, -0.1) is 0 Å². The Morgan fingerprint density at radius 1 is 1.56 bits per heavy atom. The summed E-state index contributed by atoms with van der Waals surface area (Å²) in [7, 11) is 0. The van der Waals surface area contributed by atoms with E-state index < -0.39 is 0 Å². The molecule has 1 fully saturated rings. The van der Waals surface area contributed by atoms with Crippen LogP contribution in [0.3, 0.4) is 0 Å². The number of likely N-dealkylation sites (tertiary alicyclic amines) is 1. The number of piperidine rings is 1. The molecule has 2 rings (SSSR count). The lowest BCUT2D eigenvalue weighted by Gasteiger charge is -2.32. The Kier molecular flexibility index (Phi) is 4.19. The van der Waals surface area contributed by atoms with Gasteiger partial charge >= 0.3 is 0 Å². The van der Waals surface area contributed by atoms with Crippen molar-refractivity contribution in [1.82, 2.24) is 4.90 Å². The Bertz CT molecular complexity index is 450. The molecule has 1 aromatic carbocycles. The van der Waals surface area contributed by atoms with Crippen molar-refractivity contribution in [3.8, 4) is 0 Å². The molecule has 0 spiro atoms. The van der Waals surface area contributed by atoms with Gasteiger partial charge in [-0.3, -0.25) is 10.3 Å². The third-order valence-electron chi connectivity index (χ3n) is 3.34. The molecule has 0 aromatic heterocycles. The van der Waals surface area contributed by atoms with E-state index in [9.17, 15) is 4.39 Å². The summed E-state index contributed by atoms with van der Waals surface area (Å²) in [5.41, 5.74) is 6.54. The highest BCUT2D eigenvalue weighted by Gasteiger charge is 2.21. The zero-order valence-corrected chi connectivity index (χ0v) is 10.9. The minimum absolute atomic E-state index is 0.148. The number of rotatable bonds is 3. The summed E-state index contributed by atoms with van der Waals surface area (Å²) in [6.45, 7) is 2.51. The maximum Gasteiger partial charge on any atom is 0.141 e. The van der Waals surface area contributed by atoms with Crippen LogP contribution in [0.15, 0.2) is 18.2 Å². The van der Waals surface area contributed by atoms with Gasteiger partial charge in [0.05, 0.1) is 10.9 Å². The molecular weight excluding hydrogens is 253 g/mol. The van der Waals surface area contributed by atoms with Gasteiger partial charge in [0.25, 0.3) is 0 Å². The molecule has 18 heavy (non-hydrogen) atoms. The fourth-order valence-corrected chi connectivity index (χ4v) is 2.55. The fourth-order valence-electron chi connectivity index (χ4n) is 2.35. The van der Waals surface area contributed by atoms with Gasteiger partial charge < -0.3 is 5.73 Å². The molecule has 0 bridgehead atoms. The van der Waals surface area contributed by atoms with Crippen molar-refractivity contribution in [1.29, 1.82) is 5.41 Å². The van der Waals surface area contributed by atoms with Gasteiger partial charge in [-0.2, -0.15) is 0 Å². The van der Waals surface area contributed by atoms with Crippen LogP contribution in [-0.4, -0.2) is 23.8 Å². The molecule has 1 unspecified atom stereocenters. The summed E-state index contributed by atoms with van der Waals surface area (Å²) < 4.78 is 13.1. The van der Waals surface area contributed by atoms with Crippen molar-refractivity contribution >= 4 is 17.4 Å². The first kappa shape index (κ1) is 13.3. The lowest BCUT2D eigenvalue weighted by Crippen LogP contribution is -2.40. The van der Waals surface area contributed by atoms with Gasteiger partial charge in [0, 0.05) is 19.0 Å². The van der Waals surface area contributed by atoms with Gasteiger partial charge in [0.2, 0.25) is 0 Å². The van der Waals surface area contributed by atoms with E-state index in [0.717, 1.165) is 38.0 Å². The normalized spacial score (nSPS) is 20.9. The molecule has 1 atom stereocenters. The van der Waals surface area contributed by atoms with E-state index in [1.54, 1.807) is 12.1 Å². The van der Waals surface area contributed by atoms with E-state index >= 15 is 0 Å². The van der Waals surface area contributed by atoms with E-state index in [1.807, 2.05) is 0 Å². The van der Waals surface area contributed by atoms with Gasteiger partial charge in [-0.25, -0.2) is 4.39 Å². The Morgan fingerprint density at radius 2 is 2.33 bits per heavy atom. The Hall–Kier alpha value is -1.13. The van der Waals surface area contributed by atoms with E-state index in [4.69, 9.17) is 22.7 Å². The molecule has 0 radical (unpaired) electrons. The van der Waals surface area contributed by atoms with Crippen molar-refractivity contribution in [2.24, 2.45) is 11.7 Å². The molecule has 1 heterocycles. The molecule has 0 saturated carbocycles.